The van der Waals surface area contributed by atoms with Crippen LogP contribution in [0.4, 0.5) is 0 Å². The highest BCUT2D eigenvalue weighted by Crippen LogP contribution is 2.28. The SMILES string of the molecule is C(#Cc1cccc2c1OCC2)CN1CCNCC1. The number of fused-ring (bicyclic) bond motifs is 1. The molecule has 18 heavy (non-hydrogen) atoms. The Morgan fingerprint density at radius 2 is 2.17 bits per heavy atom. The highest BCUT2D eigenvalue weighted by Gasteiger charge is 2.14. The van der Waals surface area contributed by atoms with Crippen LogP contribution in [0.2, 0.25) is 0 Å². The number of hydrogen-bond donors (Lipinski definition) is 1. The molecule has 2 heterocycles. The molecule has 3 nitrogen and oxygen atoms in total. The summed E-state index contributed by atoms with van der Waals surface area (Å²) in [5.41, 5.74) is 2.34. The predicted octanol–water partition coefficient (Wildman–Crippen LogP) is 0.878. The first-order valence-corrected chi connectivity index (χ1v) is 6.60. The van der Waals surface area contributed by atoms with Crippen molar-refractivity contribution >= 4 is 0 Å². The molecule has 2 aliphatic heterocycles. The van der Waals surface area contributed by atoms with Crippen molar-refractivity contribution in [1.29, 1.82) is 0 Å². The lowest BCUT2D eigenvalue weighted by atomic mass is 10.1. The average Bonchev–Trinajstić information content (AvgIpc) is 2.89. The lowest BCUT2D eigenvalue weighted by Crippen LogP contribution is -2.43. The van der Waals surface area contributed by atoms with Crippen molar-refractivity contribution in [1.82, 2.24) is 10.2 Å². The second-order valence-corrected chi connectivity index (χ2v) is 4.72. The molecule has 0 bridgehead atoms. The Kier molecular flexibility index (Phi) is 3.49. The standard InChI is InChI=1S/C15H18N2O/c1-3-13(15-14(4-1)6-12-18-15)5-2-9-17-10-7-16-8-11-17/h1,3-4,16H,6-12H2. The fourth-order valence-corrected chi connectivity index (χ4v) is 2.43. The molecule has 0 spiro atoms. The Bertz CT molecular complexity index is 481. The largest absolute Gasteiger partial charge is 0.492 e. The summed E-state index contributed by atoms with van der Waals surface area (Å²) in [5, 5.41) is 3.35. The van der Waals surface area contributed by atoms with Gasteiger partial charge in [-0.15, -0.1) is 0 Å². The summed E-state index contributed by atoms with van der Waals surface area (Å²) in [5.74, 6) is 7.53. The van der Waals surface area contributed by atoms with Gasteiger partial charge in [0.15, 0.2) is 0 Å². The van der Waals surface area contributed by atoms with Gasteiger partial charge in [-0.3, -0.25) is 4.90 Å². The lowest BCUT2D eigenvalue weighted by molar-refractivity contribution is 0.268. The number of rotatable bonds is 1. The van der Waals surface area contributed by atoms with Crippen molar-refractivity contribution in [3.63, 3.8) is 0 Å². The van der Waals surface area contributed by atoms with Gasteiger partial charge >= 0.3 is 0 Å². The van der Waals surface area contributed by atoms with Crippen LogP contribution in [-0.4, -0.2) is 44.2 Å². The normalized spacial score (nSPS) is 18.7. The van der Waals surface area contributed by atoms with Gasteiger partial charge in [-0.2, -0.15) is 0 Å². The number of para-hydroxylation sites is 1. The summed E-state index contributed by atoms with van der Waals surface area (Å²) in [6.45, 7) is 5.99. The lowest BCUT2D eigenvalue weighted by Gasteiger charge is -2.24. The van der Waals surface area contributed by atoms with E-state index >= 15 is 0 Å². The first-order valence-electron chi connectivity index (χ1n) is 6.60. The van der Waals surface area contributed by atoms with Crippen LogP contribution in [0.3, 0.4) is 0 Å². The molecule has 0 radical (unpaired) electrons. The van der Waals surface area contributed by atoms with E-state index in [0.29, 0.717) is 0 Å². The van der Waals surface area contributed by atoms with E-state index in [-0.39, 0.29) is 0 Å². The van der Waals surface area contributed by atoms with Crippen LogP contribution in [0, 0.1) is 11.8 Å². The Morgan fingerprint density at radius 1 is 1.28 bits per heavy atom. The minimum Gasteiger partial charge on any atom is -0.492 e. The van der Waals surface area contributed by atoms with E-state index < -0.39 is 0 Å². The van der Waals surface area contributed by atoms with Crippen LogP contribution in [0.5, 0.6) is 5.75 Å². The van der Waals surface area contributed by atoms with Crippen molar-refractivity contribution in [3.8, 4) is 17.6 Å². The fourth-order valence-electron chi connectivity index (χ4n) is 2.43. The van der Waals surface area contributed by atoms with Gasteiger partial charge in [0, 0.05) is 32.6 Å². The zero-order valence-electron chi connectivity index (χ0n) is 10.5. The summed E-state index contributed by atoms with van der Waals surface area (Å²) in [7, 11) is 0. The molecule has 0 amide bonds. The number of nitrogens with zero attached hydrogens (tertiary/aromatic N) is 1. The molecule has 1 fully saturated rings. The molecule has 3 heteroatoms. The maximum absolute atomic E-state index is 5.65. The molecular weight excluding hydrogens is 224 g/mol. The van der Waals surface area contributed by atoms with Crippen molar-refractivity contribution in [2.75, 3.05) is 39.3 Å². The number of piperazine rings is 1. The van der Waals surface area contributed by atoms with Crippen molar-refractivity contribution in [2.45, 2.75) is 6.42 Å². The molecule has 0 atom stereocenters. The highest BCUT2D eigenvalue weighted by atomic mass is 16.5. The second kappa shape index (κ2) is 5.43. The van der Waals surface area contributed by atoms with Crippen LogP contribution in [0.15, 0.2) is 18.2 Å². The van der Waals surface area contributed by atoms with Gasteiger partial charge in [-0.1, -0.05) is 24.0 Å². The quantitative estimate of drug-likeness (QED) is 0.740. The minimum atomic E-state index is 0.797. The van der Waals surface area contributed by atoms with Crippen LogP contribution >= 0.6 is 0 Å². The van der Waals surface area contributed by atoms with E-state index in [1.807, 2.05) is 0 Å². The van der Waals surface area contributed by atoms with Gasteiger partial charge < -0.3 is 10.1 Å². The van der Waals surface area contributed by atoms with Crippen LogP contribution < -0.4 is 10.1 Å². The summed E-state index contributed by atoms with van der Waals surface area (Å²) >= 11 is 0. The van der Waals surface area contributed by atoms with Crippen molar-refractivity contribution in [3.05, 3.63) is 29.3 Å². The van der Waals surface area contributed by atoms with Crippen molar-refractivity contribution in [2.24, 2.45) is 0 Å². The third-order valence-electron chi connectivity index (χ3n) is 3.45. The number of ether oxygens (including phenoxy) is 1. The Morgan fingerprint density at radius 3 is 3.06 bits per heavy atom. The number of benzene rings is 1. The van der Waals surface area contributed by atoms with Gasteiger partial charge in [0.1, 0.15) is 5.75 Å². The van der Waals surface area contributed by atoms with E-state index in [0.717, 1.165) is 57.1 Å². The molecular formula is C15H18N2O. The van der Waals surface area contributed by atoms with Crippen LogP contribution in [0.25, 0.3) is 0 Å². The molecule has 3 rings (SSSR count). The smallest absolute Gasteiger partial charge is 0.138 e. The predicted molar refractivity (Wildman–Crippen MR) is 71.8 cm³/mol. The zero-order valence-corrected chi connectivity index (χ0v) is 10.5. The summed E-state index contributed by atoms with van der Waals surface area (Å²) in [6.07, 6.45) is 1.02. The Labute approximate surface area is 108 Å². The monoisotopic (exact) mass is 242 g/mol. The number of hydrogen-bond acceptors (Lipinski definition) is 3. The topological polar surface area (TPSA) is 24.5 Å². The molecule has 1 aromatic carbocycles. The zero-order chi connectivity index (χ0) is 12.2. The highest BCUT2D eigenvalue weighted by molar-refractivity contribution is 5.52. The van der Waals surface area contributed by atoms with Crippen LogP contribution in [-0.2, 0) is 6.42 Å². The third kappa shape index (κ3) is 2.50. The summed E-state index contributed by atoms with van der Waals surface area (Å²) < 4.78 is 5.65. The molecule has 94 valence electrons. The molecule has 0 saturated carbocycles. The molecule has 0 aromatic heterocycles. The molecule has 0 aliphatic carbocycles. The first-order chi connectivity index (χ1) is 8.93. The molecule has 1 aromatic rings. The fraction of sp³-hybridized carbons (Fsp3) is 0.467. The Balaban J connectivity index is 1.68. The third-order valence-corrected chi connectivity index (χ3v) is 3.45. The minimum absolute atomic E-state index is 0.797. The van der Waals surface area contributed by atoms with Gasteiger partial charge in [-0.25, -0.2) is 0 Å². The molecule has 1 N–H and O–H groups in total. The second-order valence-electron chi connectivity index (χ2n) is 4.72. The van der Waals surface area contributed by atoms with Gasteiger partial charge in [0.05, 0.1) is 18.7 Å². The molecule has 1 saturated heterocycles. The maximum atomic E-state index is 5.65. The van der Waals surface area contributed by atoms with E-state index in [4.69, 9.17) is 4.74 Å². The van der Waals surface area contributed by atoms with Crippen LogP contribution in [0.1, 0.15) is 11.1 Å². The first kappa shape index (κ1) is 11.6. The van der Waals surface area contributed by atoms with E-state index in [1.54, 1.807) is 0 Å². The van der Waals surface area contributed by atoms with E-state index in [2.05, 4.69) is 40.3 Å². The number of nitrogens with one attached hydrogen (secondary N) is 1. The maximum Gasteiger partial charge on any atom is 0.138 e. The summed E-state index contributed by atoms with van der Waals surface area (Å²) in [6, 6.07) is 6.25. The average molecular weight is 242 g/mol. The molecule has 0 unspecified atom stereocenters. The Hall–Kier alpha value is -1.50. The van der Waals surface area contributed by atoms with Gasteiger partial charge in [0.25, 0.3) is 0 Å². The van der Waals surface area contributed by atoms with Gasteiger partial charge in [-0.05, 0) is 11.6 Å². The van der Waals surface area contributed by atoms with Gasteiger partial charge in [0.2, 0.25) is 0 Å². The van der Waals surface area contributed by atoms with E-state index in [9.17, 15) is 0 Å². The molecule has 2 aliphatic rings. The van der Waals surface area contributed by atoms with E-state index in [1.165, 1.54) is 5.56 Å². The summed E-state index contributed by atoms with van der Waals surface area (Å²) in [4.78, 5) is 2.38. The van der Waals surface area contributed by atoms with Crippen molar-refractivity contribution < 1.29 is 4.74 Å².